The highest BCUT2D eigenvalue weighted by molar-refractivity contribution is 6.30. The molecule has 1 fully saturated rings. The molecule has 1 amide bonds. The van der Waals surface area contributed by atoms with Crippen LogP contribution in [0.1, 0.15) is 31.2 Å². The molecule has 7 heteroatoms. The number of carbonyl (C=O) groups excluding carboxylic acids is 1. The first-order valence-electron chi connectivity index (χ1n) is 11.5. The van der Waals surface area contributed by atoms with E-state index in [4.69, 9.17) is 21.1 Å². The van der Waals surface area contributed by atoms with E-state index in [0.717, 1.165) is 55.7 Å². The van der Waals surface area contributed by atoms with Crippen molar-refractivity contribution in [1.82, 2.24) is 4.90 Å². The van der Waals surface area contributed by atoms with Gasteiger partial charge in [-0.15, -0.1) is 0 Å². The molecule has 2 atom stereocenters. The van der Waals surface area contributed by atoms with Gasteiger partial charge < -0.3 is 19.9 Å². The van der Waals surface area contributed by atoms with Crippen LogP contribution < -0.4 is 14.8 Å². The number of hydrogen-bond acceptors (Lipinski definition) is 5. The minimum atomic E-state index is -0.652. The fourth-order valence-corrected chi connectivity index (χ4v) is 4.36. The minimum Gasteiger partial charge on any atom is -0.489 e. The average Bonchev–Trinajstić information content (AvgIpc) is 3.48. The van der Waals surface area contributed by atoms with Gasteiger partial charge in [0, 0.05) is 30.2 Å². The van der Waals surface area contributed by atoms with Crippen molar-refractivity contribution in [3.8, 4) is 11.5 Å². The fraction of sp³-hybridized carbons (Fsp3) is 0.423. The maximum Gasteiger partial charge on any atom is 0.251 e. The summed E-state index contributed by atoms with van der Waals surface area (Å²) >= 11 is 5.93. The van der Waals surface area contributed by atoms with Gasteiger partial charge in [0.25, 0.3) is 5.91 Å². The molecule has 0 aromatic heterocycles. The number of anilines is 1. The first-order valence-corrected chi connectivity index (χ1v) is 11.9. The van der Waals surface area contributed by atoms with Gasteiger partial charge in [-0.3, -0.25) is 9.69 Å². The van der Waals surface area contributed by atoms with Gasteiger partial charge in [-0.25, -0.2) is 0 Å². The highest BCUT2D eigenvalue weighted by atomic mass is 35.5. The molecule has 0 saturated carbocycles. The van der Waals surface area contributed by atoms with Gasteiger partial charge in [-0.05, 0) is 74.6 Å². The van der Waals surface area contributed by atoms with Gasteiger partial charge >= 0.3 is 0 Å². The van der Waals surface area contributed by atoms with Crippen molar-refractivity contribution in [2.24, 2.45) is 0 Å². The number of carbonyl (C=O) groups is 1. The fourth-order valence-electron chi connectivity index (χ4n) is 4.23. The molecule has 1 heterocycles. The molecule has 2 unspecified atom stereocenters. The molecule has 0 bridgehead atoms. The Bertz CT molecular complexity index is 992. The summed E-state index contributed by atoms with van der Waals surface area (Å²) in [4.78, 5) is 14.7. The van der Waals surface area contributed by atoms with E-state index in [1.807, 2.05) is 55.5 Å². The molecular formula is C26H31ClN2O4. The molecule has 33 heavy (non-hydrogen) atoms. The molecular weight excluding hydrogens is 440 g/mol. The summed E-state index contributed by atoms with van der Waals surface area (Å²) in [5.41, 5.74) is 2.48. The topological polar surface area (TPSA) is 71.0 Å². The van der Waals surface area contributed by atoms with Crippen LogP contribution >= 0.6 is 11.6 Å². The SMILES string of the molecule is Cc1ccc(NC(=O)C2=CCCC2)c(OCC(O)CN2CCC(Oc3ccc(Cl)cc3)C2)c1. The number of benzene rings is 2. The summed E-state index contributed by atoms with van der Waals surface area (Å²) in [6.45, 7) is 4.23. The molecule has 1 saturated heterocycles. The van der Waals surface area contributed by atoms with Gasteiger partial charge in [0.2, 0.25) is 0 Å². The zero-order chi connectivity index (χ0) is 23.2. The van der Waals surface area contributed by atoms with Crippen molar-refractivity contribution >= 4 is 23.2 Å². The molecule has 176 valence electrons. The normalized spacial score (nSPS) is 19.2. The zero-order valence-electron chi connectivity index (χ0n) is 18.9. The number of rotatable bonds is 9. The second kappa shape index (κ2) is 11.1. The second-order valence-electron chi connectivity index (χ2n) is 8.78. The predicted octanol–water partition coefficient (Wildman–Crippen LogP) is 4.59. The van der Waals surface area contributed by atoms with E-state index in [0.29, 0.717) is 23.0 Å². The summed E-state index contributed by atoms with van der Waals surface area (Å²) in [5, 5.41) is 14.2. The van der Waals surface area contributed by atoms with E-state index >= 15 is 0 Å². The summed E-state index contributed by atoms with van der Waals surface area (Å²) < 4.78 is 12.0. The van der Waals surface area contributed by atoms with Gasteiger partial charge in [-0.2, -0.15) is 0 Å². The van der Waals surface area contributed by atoms with E-state index in [1.54, 1.807) is 0 Å². The van der Waals surface area contributed by atoms with Crippen LogP contribution in [0.15, 0.2) is 54.1 Å². The third-order valence-electron chi connectivity index (χ3n) is 5.96. The predicted molar refractivity (Wildman–Crippen MR) is 130 cm³/mol. The molecule has 2 N–H and O–H groups in total. The lowest BCUT2D eigenvalue weighted by molar-refractivity contribution is -0.112. The number of aliphatic hydroxyl groups excluding tert-OH is 1. The maximum atomic E-state index is 12.5. The quantitative estimate of drug-likeness (QED) is 0.561. The molecule has 6 nitrogen and oxygen atoms in total. The Balaban J connectivity index is 1.26. The number of amides is 1. The number of ether oxygens (including phenoxy) is 2. The van der Waals surface area contributed by atoms with Crippen molar-refractivity contribution in [3.05, 3.63) is 64.7 Å². The summed E-state index contributed by atoms with van der Waals surface area (Å²) in [7, 11) is 0. The lowest BCUT2D eigenvalue weighted by atomic mass is 10.2. The third-order valence-corrected chi connectivity index (χ3v) is 6.22. The highest BCUT2D eigenvalue weighted by Gasteiger charge is 2.26. The van der Waals surface area contributed by atoms with Crippen LogP contribution in [0.25, 0.3) is 0 Å². The molecule has 2 aromatic carbocycles. The zero-order valence-corrected chi connectivity index (χ0v) is 19.7. The van der Waals surface area contributed by atoms with E-state index in [9.17, 15) is 9.90 Å². The molecule has 4 rings (SSSR count). The van der Waals surface area contributed by atoms with Crippen LogP contribution in [-0.4, -0.2) is 54.4 Å². The molecule has 1 aliphatic carbocycles. The van der Waals surface area contributed by atoms with Crippen LogP contribution in [-0.2, 0) is 4.79 Å². The number of likely N-dealkylation sites (tertiary alicyclic amines) is 1. The molecule has 0 radical (unpaired) electrons. The van der Waals surface area contributed by atoms with Crippen molar-refractivity contribution in [2.75, 3.05) is 31.6 Å². The lowest BCUT2D eigenvalue weighted by Gasteiger charge is -2.21. The van der Waals surface area contributed by atoms with Gasteiger partial charge in [0.05, 0.1) is 5.69 Å². The maximum absolute atomic E-state index is 12.5. The minimum absolute atomic E-state index is 0.0782. The Hall–Kier alpha value is -2.54. The Morgan fingerprint density at radius 1 is 1.27 bits per heavy atom. The van der Waals surface area contributed by atoms with Crippen LogP contribution in [0.4, 0.5) is 5.69 Å². The van der Waals surface area contributed by atoms with Crippen molar-refractivity contribution in [1.29, 1.82) is 0 Å². The summed E-state index contributed by atoms with van der Waals surface area (Å²) in [6.07, 6.45) is 5.12. The van der Waals surface area contributed by atoms with Gasteiger partial charge in [0.1, 0.15) is 30.3 Å². The summed E-state index contributed by atoms with van der Waals surface area (Å²) in [5.74, 6) is 1.30. The van der Waals surface area contributed by atoms with Crippen LogP contribution in [0.2, 0.25) is 5.02 Å². The molecule has 2 aromatic rings. The van der Waals surface area contributed by atoms with Crippen molar-refractivity contribution < 1.29 is 19.4 Å². The Morgan fingerprint density at radius 2 is 2.09 bits per heavy atom. The third kappa shape index (κ3) is 6.73. The number of aliphatic hydroxyl groups is 1. The smallest absolute Gasteiger partial charge is 0.251 e. The van der Waals surface area contributed by atoms with Crippen molar-refractivity contribution in [3.63, 3.8) is 0 Å². The Morgan fingerprint density at radius 3 is 2.85 bits per heavy atom. The Labute approximate surface area is 200 Å². The molecule has 2 aliphatic rings. The average molecular weight is 471 g/mol. The summed E-state index contributed by atoms with van der Waals surface area (Å²) in [6, 6.07) is 13.0. The lowest BCUT2D eigenvalue weighted by Crippen LogP contribution is -2.35. The van der Waals surface area contributed by atoms with Crippen LogP contribution in [0, 0.1) is 6.92 Å². The van der Waals surface area contributed by atoms with E-state index in [-0.39, 0.29) is 18.6 Å². The number of nitrogens with one attached hydrogen (secondary N) is 1. The highest BCUT2D eigenvalue weighted by Crippen LogP contribution is 2.28. The Kier molecular flexibility index (Phi) is 7.91. The standard InChI is InChI=1S/C26H31ClN2O4/c1-18-6-11-24(28-26(31)19-4-2-3-5-19)25(14-18)32-17-21(30)15-29-13-12-23(16-29)33-22-9-7-20(27)8-10-22/h4,6-11,14,21,23,30H,2-3,5,12-13,15-17H2,1H3,(H,28,31). The van der Waals surface area contributed by atoms with Gasteiger partial charge in [0.15, 0.2) is 0 Å². The number of allylic oxidation sites excluding steroid dienone is 1. The number of halogens is 1. The first-order chi connectivity index (χ1) is 16.0. The van der Waals surface area contributed by atoms with Crippen LogP contribution in [0.5, 0.6) is 11.5 Å². The largest absolute Gasteiger partial charge is 0.489 e. The number of hydrogen-bond donors (Lipinski definition) is 2. The monoisotopic (exact) mass is 470 g/mol. The number of β-amino-alcohol motifs (C(OH)–C–C–N with tert-alkyl or cyclic N) is 1. The van der Waals surface area contributed by atoms with E-state index in [2.05, 4.69) is 10.2 Å². The second-order valence-corrected chi connectivity index (χ2v) is 9.22. The molecule has 1 aliphatic heterocycles. The van der Waals surface area contributed by atoms with Crippen LogP contribution in [0.3, 0.4) is 0 Å². The van der Waals surface area contributed by atoms with Gasteiger partial charge in [-0.1, -0.05) is 23.7 Å². The number of nitrogens with zero attached hydrogens (tertiary/aromatic N) is 1. The van der Waals surface area contributed by atoms with Crippen molar-refractivity contribution in [2.45, 2.75) is 44.8 Å². The van der Waals surface area contributed by atoms with E-state index in [1.165, 1.54) is 0 Å². The van der Waals surface area contributed by atoms with E-state index < -0.39 is 6.10 Å². The number of aryl methyl sites for hydroxylation is 1. The molecule has 0 spiro atoms. The first kappa shape index (κ1) is 23.6.